The fraction of sp³-hybridized carbons (Fsp3) is 0.647. The highest BCUT2D eigenvalue weighted by atomic mass is 35.5. The van der Waals surface area contributed by atoms with Gasteiger partial charge in [0.1, 0.15) is 0 Å². The van der Waals surface area contributed by atoms with Crippen molar-refractivity contribution in [2.24, 2.45) is 12.0 Å². The Balaban J connectivity index is 1.91. The number of aliphatic imine (C=N–C) groups is 1. The zero-order valence-electron chi connectivity index (χ0n) is 14.9. The van der Waals surface area contributed by atoms with Gasteiger partial charge in [-0.2, -0.15) is 0 Å². The molecule has 1 amide bonds. The number of amides is 1. The summed E-state index contributed by atoms with van der Waals surface area (Å²) >= 11 is 6.04. The summed E-state index contributed by atoms with van der Waals surface area (Å²) in [4.78, 5) is 20.7. The van der Waals surface area contributed by atoms with Crippen LogP contribution in [0.15, 0.2) is 17.3 Å². The molecule has 2 rings (SSSR count). The molecule has 0 aliphatic carbocycles. The molecule has 1 aromatic rings. The van der Waals surface area contributed by atoms with E-state index in [0.29, 0.717) is 19.5 Å². The van der Waals surface area contributed by atoms with Crippen LogP contribution in [0.3, 0.4) is 0 Å². The molecular weight excluding hydrogens is 326 g/mol. The van der Waals surface area contributed by atoms with Crippen molar-refractivity contribution in [1.29, 1.82) is 0 Å². The monoisotopic (exact) mass is 353 g/mol. The summed E-state index contributed by atoms with van der Waals surface area (Å²) in [5, 5.41) is 4.02. The Hall–Kier alpha value is -1.69. The van der Waals surface area contributed by atoms with Crippen molar-refractivity contribution in [1.82, 2.24) is 19.7 Å². The fourth-order valence-electron chi connectivity index (χ4n) is 2.89. The average Bonchev–Trinajstić information content (AvgIpc) is 3.16. The third kappa shape index (κ3) is 5.16. The first-order chi connectivity index (χ1) is 11.5. The van der Waals surface area contributed by atoms with Gasteiger partial charge in [-0.15, -0.1) is 0 Å². The number of hydrogen-bond acceptors (Lipinski definition) is 2. The summed E-state index contributed by atoms with van der Waals surface area (Å²) in [6, 6.07) is 1.96. The van der Waals surface area contributed by atoms with Crippen LogP contribution >= 0.6 is 11.6 Å². The predicted octanol–water partition coefficient (Wildman–Crippen LogP) is 2.09. The van der Waals surface area contributed by atoms with Crippen molar-refractivity contribution in [3.05, 3.63) is 23.0 Å². The second-order valence-corrected chi connectivity index (χ2v) is 6.63. The Kier molecular flexibility index (Phi) is 6.97. The predicted molar refractivity (Wildman–Crippen MR) is 98.3 cm³/mol. The third-order valence-corrected chi connectivity index (χ3v) is 4.42. The molecule has 0 radical (unpaired) electrons. The molecule has 0 bridgehead atoms. The lowest BCUT2D eigenvalue weighted by Gasteiger charge is -2.22. The summed E-state index contributed by atoms with van der Waals surface area (Å²) in [5.41, 5.74) is 1.11. The van der Waals surface area contributed by atoms with Crippen LogP contribution in [0, 0.1) is 0 Å². The first-order valence-electron chi connectivity index (χ1n) is 8.59. The van der Waals surface area contributed by atoms with Crippen molar-refractivity contribution in [3.63, 3.8) is 0 Å². The van der Waals surface area contributed by atoms with Gasteiger partial charge in [-0.05, 0) is 25.8 Å². The van der Waals surface area contributed by atoms with Crippen LogP contribution in [-0.4, -0.2) is 59.5 Å². The lowest BCUT2D eigenvalue weighted by atomic mass is 10.3. The van der Waals surface area contributed by atoms with Crippen LogP contribution < -0.4 is 5.32 Å². The Morgan fingerprint density at radius 3 is 2.71 bits per heavy atom. The molecule has 24 heavy (non-hydrogen) atoms. The maximum Gasteiger partial charge on any atom is 0.224 e. The van der Waals surface area contributed by atoms with Crippen LogP contribution in [0.25, 0.3) is 0 Å². The van der Waals surface area contributed by atoms with E-state index in [1.165, 1.54) is 0 Å². The van der Waals surface area contributed by atoms with Gasteiger partial charge in [0.25, 0.3) is 0 Å². The number of carbonyl (C=O) groups is 1. The van der Waals surface area contributed by atoms with Crippen LogP contribution in [-0.2, 0) is 18.4 Å². The number of guanidine groups is 1. The first kappa shape index (κ1) is 18.6. The molecule has 0 saturated carbocycles. The van der Waals surface area contributed by atoms with E-state index < -0.39 is 0 Å². The number of rotatable bonds is 6. The molecule has 0 unspecified atom stereocenters. The summed E-state index contributed by atoms with van der Waals surface area (Å²) in [6.45, 7) is 5.84. The first-order valence-corrected chi connectivity index (χ1v) is 8.97. The second kappa shape index (κ2) is 8.97. The summed E-state index contributed by atoms with van der Waals surface area (Å²) in [5.74, 6) is 1.02. The summed E-state index contributed by atoms with van der Waals surface area (Å²) in [6.07, 6.45) is 4.61. The molecule has 1 aromatic heterocycles. The van der Waals surface area contributed by atoms with E-state index in [9.17, 15) is 4.79 Å². The number of halogens is 1. The maximum atomic E-state index is 12.1. The normalized spacial score (nSPS) is 15.0. The topological polar surface area (TPSA) is 52.9 Å². The average molecular weight is 354 g/mol. The molecule has 1 saturated heterocycles. The highest BCUT2D eigenvalue weighted by Gasteiger charge is 2.17. The van der Waals surface area contributed by atoms with Gasteiger partial charge in [-0.3, -0.25) is 9.79 Å². The minimum atomic E-state index is 0.212. The van der Waals surface area contributed by atoms with Gasteiger partial charge in [0.05, 0.1) is 18.1 Å². The van der Waals surface area contributed by atoms with Crippen molar-refractivity contribution in [2.45, 2.75) is 32.7 Å². The quantitative estimate of drug-likeness (QED) is 0.629. The molecule has 0 spiro atoms. The van der Waals surface area contributed by atoms with Gasteiger partial charge in [0.15, 0.2) is 5.96 Å². The van der Waals surface area contributed by atoms with Gasteiger partial charge in [-0.25, -0.2) is 0 Å². The van der Waals surface area contributed by atoms with E-state index in [1.54, 1.807) is 0 Å². The minimum absolute atomic E-state index is 0.212. The van der Waals surface area contributed by atoms with Crippen LogP contribution in [0.5, 0.6) is 0 Å². The molecule has 7 heteroatoms. The molecule has 1 fully saturated rings. The molecular formula is C17H28ClN5O. The van der Waals surface area contributed by atoms with Gasteiger partial charge >= 0.3 is 0 Å². The zero-order valence-corrected chi connectivity index (χ0v) is 15.6. The summed E-state index contributed by atoms with van der Waals surface area (Å²) < 4.78 is 2.01. The number of likely N-dealkylation sites (tertiary alicyclic amines) is 1. The molecule has 1 aliphatic heterocycles. The highest BCUT2D eigenvalue weighted by Crippen LogP contribution is 2.14. The van der Waals surface area contributed by atoms with Gasteiger partial charge in [0, 0.05) is 52.0 Å². The van der Waals surface area contributed by atoms with Gasteiger partial charge < -0.3 is 19.7 Å². The Morgan fingerprint density at radius 1 is 1.42 bits per heavy atom. The molecule has 1 N–H and O–H groups in total. The zero-order chi connectivity index (χ0) is 17.5. The number of aromatic nitrogens is 1. The van der Waals surface area contributed by atoms with E-state index >= 15 is 0 Å². The minimum Gasteiger partial charge on any atom is -0.357 e. The number of aryl methyl sites for hydroxylation is 1. The SMILES string of the molecule is CCNC(=NCCC(=O)N1CCCC1)N(C)Cc1cc(Cl)cn1C. The van der Waals surface area contributed by atoms with Crippen molar-refractivity contribution in [3.8, 4) is 0 Å². The Morgan fingerprint density at radius 2 is 2.12 bits per heavy atom. The lowest BCUT2D eigenvalue weighted by molar-refractivity contribution is -0.129. The molecule has 0 atom stereocenters. The number of carbonyl (C=O) groups excluding carboxylic acids is 1. The maximum absolute atomic E-state index is 12.1. The Bertz CT molecular complexity index is 578. The van der Waals surface area contributed by atoms with E-state index in [2.05, 4.69) is 15.2 Å². The highest BCUT2D eigenvalue weighted by molar-refractivity contribution is 6.30. The van der Waals surface area contributed by atoms with Crippen molar-refractivity contribution < 1.29 is 4.79 Å². The van der Waals surface area contributed by atoms with Crippen LogP contribution in [0.2, 0.25) is 5.02 Å². The van der Waals surface area contributed by atoms with Crippen molar-refractivity contribution >= 4 is 23.5 Å². The lowest BCUT2D eigenvalue weighted by Crippen LogP contribution is -2.39. The Labute approximate surface area is 149 Å². The van der Waals surface area contributed by atoms with E-state index in [0.717, 1.165) is 49.2 Å². The van der Waals surface area contributed by atoms with Crippen LogP contribution in [0.1, 0.15) is 31.9 Å². The standard InChI is InChI=1S/C17H28ClN5O/c1-4-19-17(20-8-7-16(24)23-9-5-6-10-23)22(3)13-15-11-14(18)12-21(15)2/h11-12H,4-10,13H2,1-3H3,(H,19,20). The van der Waals surface area contributed by atoms with E-state index in [1.807, 2.05) is 42.7 Å². The third-order valence-electron chi connectivity index (χ3n) is 4.22. The number of hydrogen-bond donors (Lipinski definition) is 1. The smallest absolute Gasteiger partial charge is 0.224 e. The fourth-order valence-corrected chi connectivity index (χ4v) is 3.17. The van der Waals surface area contributed by atoms with Crippen LogP contribution in [0.4, 0.5) is 0 Å². The van der Waals surface area contributed by atoms with Gasteiger partial charge in [-0.1, -0.05) is 11.6 Å². The molecule has 1 aliphatic rings. The molecule has 2 heterocycles. The molecule has 6 nitrogen and oxygen atoms in total. The summed E-state index contributed by atoms with van der Waals surface area (Å²) in [7, 11) is 3.97. The van der Waals surface area contributed by atoms with Gasteiger partial charge in [0.2, 0.25) is 5.91 Å². The van der Waals surface area contributed by atoms with Crippen molar-refractivity contribution in [2.75, 3.05) is 33.2 Å². The largest absolute Gasteiger partial charge is 0.357 e. The van der Waals surface area contributed by atoms with E-state index in [-0.39, 0.29) is 5.91 Å². The number of nitrogens with one attached hydrogen (secondary N) is 1. The molecule has 0 aromatic carbocycles. The second-order valence-electron chi connectivity index (χ2n) is 6.19. The number of nitrogens with zero attached hydrogens (tertiary/aromatic N) is 4. The molecule has 134 valence electrons. The van der Waals surface area contributed by atoms with E-state index in [4.69, 9.17) is 11.6 Å².